The van der Waals surface area contributed by atoms with Gasteiger partial charge in [-0.2, -0.15) is 11.8 Å². The maximum atomic E-state index is 11.0. The van der Waals surface area contributed by atoms with Gasteiger partial charge in [-0.1, -0.05) is 30.3 Å². The van der Waals surface area contributed by atoms with Gasteiger partial charge in [0.15, 0.2) is 0 Å². The SMILES string of the molecule is CN(C)C[C@H]1CSCC[C@@]1(O)c1ccccc1.Cl. The van der Waals surface area contributed by atoms with Crippen molar-refractivity contribution in [1.29, 1.82) is 0 Å². The molecule has 1 aliphatic heterocycles. The van der Waals surface area contributed by atoms with E-state index in [1.54, 1.807) is 0 Å². The van der Waals surface area contributed by atoms with Crippen LogP contribution in [0.25, 0.3) is 0 Å². The third-order valence-corrected chi connectivity index (χ3v) is 4.61. The predicted octanol–water partition coefficient (Wildman–Crippen LogP) is 2.61. The lowest BCUT2D eigenvalue weighted by molar-refractivity contribution is -0.0293. The van der Waals surface area contributed by atoms with Crippen LogP contribution in [0, 0.1) is 5.92 Å². The van der Waals surface area contributed by atoms with Gasteiger partial charge in [-0.15, -0.1) is 12.4 Å². The minimum Gasteiger partial charge on any atom is -0.385 e. The summed E-state index contributed by atoms with van der Waals surface area (Å²) in [4.78, 5) is 2.17. The van der Waals surface area contributed by atoms with Crippen molar-refractivity contribution >= 4 is 24.2 Å². The van der Waals surface area contributed by atoms with Gasteiger partial charge >= 0.3 is 0 Å². The third kappa shape index (κ3) is 3.41. The summed E-state index contributed by atoms with van der Waals surface area (Å²) in [7, 11) is 4.15. The lowest BCUT2D eigenvalue weighted by Gasteiger charge is -2.41. The maximum Gasteiger partial charge on any atom is 0.0952 e. The van der Waals surface area contributed by atoms with Crippen LogP contribution >= 0.6 is 24.2 Å². The van der Waals surface area contributed by atoms with E-state index in [4.69, 9.17) is 0 Å². The number of aliphatic hydroxyl groups is 1. The fraction of sp³-hybridized carbons (Fsp3) is 0.571. The molecule has 0 aromatic heterocycles. The zero-order chi connectivity index (χ0) is 12.3. The smallest absolute Gasteiger partial charge is 0.0952 e. The largest absolute Gasteiger partial charge is 0.385 e. The molecule has 4 heteroatoms. The summed E-state index contributed by atoms with van der Waals surface area (Å²) in [6.45, 7) is 0.943. The van der Waals surface area contributed by atoms with Crippen molar-refractivity contribution in [2.75, 3.05) is 32.1 Å². The van der Waals surface area contributed by atoms with E-state index in [1.807, 2.05) is 30.0 Å². The monoisotopic (exact) mass is 287 g/mol. The van der Waals surface area contributed by atoms with Crippen LogP contribution in [0.5, 0.6) is 0 Å². The molecule has 102 valence electrons. The summed E-state index contributed by atoms with van der Waals surface area (Å²) in [6, 6.07) is 10.1. The summed E-state index contributed by atoms with van der Waals surface area (Å²) < 4.78 is 0. The summed E-state index contributed by atoms with van der Waals surface area (Å²) in [5, 5.41) is 11.0. The molecule has 1 N–H and O–H groups in total. The highest BCUT2D eigenvalue weighted by atomic mass is 35.5. The number of halogens is 1. The average molecular weight is 288 g/mol. The molecular weight excluding hydrogens is 266 g/mol. The van der Waals surface area contributed by atoms with Gasteiger partial charge in [0.25, 0.3) is 0 Å². The molecule has 0 amide bonds. The highest BCUT2D eigenvalue weighted by molar-refractivity contribution is 7.99. The maximum absolute atomic E-state index is 11.0. The Hall–Kier alpha value is -0.220. The summed E-state index contributed by atoms with van der Waals surface area (Å²) in [5.41, 5.74) is 0.434. The van der Waals surface area contributed by atoms with Crippen LogP contribution in [0.15, 0.2) is 30.3 Å². The van der Waals surface area contributed by atoms with E-state index in [-0.39, 0.29) is 12.4 Å². The van der Waals surface area contributed by atoms with E-state index in [0.717, 1.165) is 30.0 Å². The van der Waals surface area contributed by atoms with Crippen LogP contribution in [0.2, 0.25) is 0 Å². The molecule has 1 saturated heterocycles. The predicted molar refractivity (Wildman–Crippen MR) is 81.6 cm³/mol. The van der Waals surface area contributed by atoms with E-state index in [0.29, 0.717) is 5.92 Å². The zero-order valence-electron chi connectivity index (χ0n) is 11.0. The number of hydrogen-bond acceptors (Lipinski definition) is 3. The highest BCUT2D eigenvalue weighted by Gasteiger charge is 2.40. The second kappa shape index (κ2) is 6.80. The third-order valence-electron chi connectivity index (χ3n) is 3.48. The Morgan fingerprint density at radius 3 is 2.61 bits per heavy atom. The first-order valence-corrected chi connectivity index (χ1v) is 7.29. The summed E-state index contributed by atoms with van der Waals surface area (Å²) in [6.07, 6.45) is 0.861. The molecule has 2 rings (SSSR count). The number of thioether (sulfide) groups is 1. The van der Waals surface area contributed by atoms with Gasteiger partial charge in [-0.3, -0.25) is 0 Å². The van der Waals surface area contributed by atoms with Gasteiger partial charge in [0.2, 0.25) is 0 Å². The van der Waals surface area contributed by atoms with Crippen LogP contribution in [-0.4, -0.2) is 42.2 Å². The number of rotatable bonds is 3. The van der Waals surface area contributed by atoms with Gasteiger partial charge in [0.05, 0.1) is 5.60 Å². The zero-order valence-corrected chi connectivity index (χ0v) is 12.6. The summed E-state index contributed by atoms with van der Waals surface area (Å²) >= 11 is 1.96. The molecule has 0 radical (unpaired) electrons. The molecular formula is C14H22ClNOS. The van der Waals surface area contributed by atoms with Crippen molar-refractivity contribution in [1.82, 2.24) is 4.90 Å². The van der Waals surface area contributed by atoms with Crippen molar-refractivity contribution in [3.05, 3.63) is 35.9 Å². The van der Waals surface area contributed by atoms with Crippen LogP contribution < -0.4 is 0 Å². The molecule has 0 aliphatic carbocycles. The standard InChI is InChI=1S/C14H21NOS.ClH/c1-15(2)10-13-11-17-9-8-14(13,16)12-6-4-3-5-7-12;/h3-7,13,16H,8-11H2,1-2H3;1H/t13-,14+;/m0./s1. The van der Waals surface area contributed by atoms with Crippen LogP contribution in [0.3, 0.4) is 0 Å². The quantitative estimate of drug-likeness (QED) is 0.924. The fourth-order valence-electron chi connectivity index (χ4n) is 2.55. The first-order valence-electron chi connectivity index (χ1n) is 6.13. The summed E-state index contributed by atoms with van der Waals surface area (Å²) in [5.74, 6) is 2.41. The molecule has 18 heavy (non-hydrogen) atoms. The second-order valence-corrected chi connectivity index (χ2v) is 6.22. The van der Waals surface area contributed by atoms with Crippen molar-refractivity contribution < 1.29 is 5.11 Å². The van der Waals surface area contributed by atoms with E-state index in [2.05, 4.69) is 31.1 Å². The molecule has 0 unspecified atom stereocenters. The molecule has 1 aromatic rings. The van der Waals surface area contributed by atoms with Gasteiger partial charge in [-0.25, -0.2) is 0 Å². The molecule has 1 fully saturated rings. The van der Waals surface area contributed by atoms with E-state index in [9.17, 15) is 5.11 Å². The minimum atomic E-state index is -0.642. The Kier molecular flexibility index (Phi) is 5.99. The van der Waals surface area contributed by atoms with Crippen LogP contribution in [0.1, 0.15) is 12.0 Å². The normalized spacial score (nSPS) is 27.9. The second-order valence-electron chi connectivity index (χ2n) is 5.07. The van der Waals surface area contributed by atoms with E-state index in [1.165, 1.54) is 0 Å². The molecule has 0 spiro atoms. The van der Waals surface area contributed by atoms with Crippen LogP contribution in [-0.2, 0) is 5.60 Å². The molecule has 2 nitrogen and oxygen atoms in total. The first-order chi connectivity index (χ1) is 8.13. The molecule has 1 aliphatic rings. The topological polar surface area (TPSA) is 23.5 Å². The molecule has 0 saturated carbocycles. The molecule has 0 bridgehead atoms. The molecule has 2 atom stereocenters. The van der Waals surface area contributed by atoms with E-state index < -0.39 is 5.60 Å². The first kappa shape index (κ1) is 15.8. The van der Waals surface area contributed by atoms with Gasteiger partial charge < -0.3 is 10.0 Å². The highest BCUT2D eigenvalue weighted by Crippen LogP contribution is 2.40. The van der Waals surface area contributed by atoms with Gasteiger partial charge in [0, 0.05) is 18.2 Å². The molecule has 1 heterocycles. The lowest BCUT2D eigenvalue weighted by atomic mass is 9.79. The van der Waals surface area contributed by atoms with Crippen molar-refractivity contribution in [2.24, 2.45) is 5.92 Å². The minimum absolute atomic E-state index is 0. The average Bonchev–Trinajstić information content (AvgIpc) is 2.33. The van der Waals surface area contributed by atoms with Crippen molar-refractivity contribution in [2.45, 2.75) is 12.0 Å². The van der Waals surface area contributed by atoms with E-state index >= 15 is 0 Å². The Bertz CT molecular complexity index is 360. The Labute approximate surface area is 120 Å². The van der Waals surface area contributed by atoms with Gasteiger partial charge in [-0.05, 0) is 31.8 Å². The van der Waals surface area contributed by atoms with Gasteiger partial charge in [0.1, 0.15) is 0 Å². The Balaban J connectivity index is 0.00000162. The Morgan fingerprint density at radius 1 is 1.33 bits per heavy atom. The molecule has 1 aromatic carbocycles. The number of hydrogen-bond donors (Lipinski definition) is 1. The fourth-order valence-corrected chi connectivity index (χ4v) is 3.83. The Morgan fingerprint density at radius 2 is 2.00 bits per heavy atom. The lowest BCUT2D eigenvalue weighted by Crippen LogP contribution is -2.45. The van der Waals surface area contributed by atoms with Crippen LogP contribution in [0.4, 0.5) is 0 Å². The number of nitrogens with zero attached hydrogens (tertiary/aromatic N) is 1. The van der Waals surface area contributed by atoms with Crippen molar-refractivity contribution in [3.8, 4) is 0 Å². The van der Waals surface area contributed by atoms with Crippen molar-refractivity contribution in [3.63, 3.8) is 0 Å². The number of benzene rings is 1.